The summed E-state index contributed by atoms with van der Waals surface area (Å²) in [5, 5.41) is 4.47. The number of benzene rings is 2. The zero-order valence-corrected chi connectivity index (χ0v) is 20.5. The summed E-state index contributed by atoms with van der Waals surface area (Å²) in [7, 11) is 0. The molecule has 2 aromatic heterocycles. The molecule has 0 saturated heterocycles. The molecule has 172 valence electrons. The maximum absolute atomic E-state index is 13.0. The molecule has 2 heterocycles. The molecule has 0 unspecified atom stereocenters. The first-order chi connectivity index (χ1) is 15.8. The van der Waals surface area contributed by atoms with Gasteiger partial charge in [0.15, 0.2) is 17.3 Å². The van der Waals surface area contributed by atoms with Crippen molar-refractivity contribution in [2.24, 2.45) is 0 Å². The van der Waals surface area contributed by atoms with Crippen LogP contribution in [0.4, 0.5) is 0 Å². The Labute approximate surface area is 197 Å². The van der Waals surface area contributed by atoms with Crippen LogP contribution in [-0.2, 0) is 5.41 Å². The predicted molar refractivity (Wildman–Crippen MR) is 133 cm³/mol. The van der Waals surface area contributed by atoms with E-state index in [-0.39, 0.29) is 11.0 Å². The molecule has 0 atom stereocenters. The molecule has 0 aliphatic carbocycles. The maximum Gasteiger partial charge on any atom is 0.291 e. The van der Waals surface area contributed by atoms with E-state index in [9.17, 15) is 4.79 Å². The lowest BCUT2D eigenvalue weighted by molar-refractivity contribution is 0.277. The van der Waals surface area contributed by atoms with Crippen molar-refractivity contribution in [1.29, 1.82) is 0 Å². The van der Waals surface area contributed by atoms with Gasteiger partial charge in [-0.1, -0.05) is 69.4 Å². The van der Waals surface area contributed by atoms with Gasteiger partial charge in [-0.3, -0.25) is 4.79 Å². The van der Waals surface area contributed by atoms with E-state index in [1.807, 2.05) is 43.3 Å². The Morgan fingerprint density at radius 2 is 1.79 bits per heavy atom. The van der Waals surface area contributed by atoms with Crippen LogP contribution in [0.15, 0.2) is 47.3 Å². The summed E-state index contributed by atoms with van der Waals surface area (Å²) < 4.78 is 13.4. The quantitative estimate of drug-likeness (QED) is 0.392. The molecule has 0 aliphatic heterocycles. The molecule has 4 aromatic rings. The van der Waals surface area contributed by atoms with Gasteiger partial charge >= 0.3 is 0 Å². The molecule has 0 radical (unpaired) electrons. The number of fused-ring (bicyclic) bond motifs is 1. The number of thiazole rings is 1. The topological polar surface area (TPSA) is 65.7 Å². The molecule has 0 amide bonds. The molecule has 0 bridgehead atoms. The van der Waals surface area contributed by atoms with E-state index < -0.39 is 0 Å². The van der Waals surface area contributed by atoms with Gasteiger partial charge in [-0.15, -0.1) is 5.10 Å². The van der Waals surface area contributed by atoms with Crippen LogP contribution in [0.25, 0.3) is 22.4 Å². The van der Waals surface area contributed by atoms with E-state index in [1.165, 1.54) is 21.4 Å². The third-order valence-electron chi connectivity index (χ3n) is 5.22. The fraction of sp³-hybridized carbons (Fsp3) is 0.346. The highest BCUT2D eigenvalue weighted by Gasteiger charge is 2.16. The second kappa shape index (κ2) is 9.35. The summed E-state index contributed by atoms with van der Waals surface area (Å²) in [5.41, 5.74) is 2.90. The van der Waals surface area contributed by atoms with Crippen molar-refractivity contribution in [3.05, 3.63) is 68.5 Å². The van der Waals surface area contributed by atoms with Gasteiger partial charge in [0.1, 0.15) is 0 Å². The Morgan fingerprint density at radius 1 is 1.03 bits per heavy atom. The summed E-state index contributed by atoms with van der Waals surface area (Å²) in [6, 6.07) is 13.9. The molecule has 0 saturated carbocycles. The van der Waals surface area contributed by atoms with Gasteiger partial charge in [-0.05, 0) is 48.1 Å². The van der Waals surface area contributed by atoms with Crippen LogP contribution in [0, 0.1) is 0 Å². The van der Waals surface area contributed by atoms with Gasteiger partial charge in [-0.25, -0.2) is 0 Å². The van der Waals surface area contributed by atoms with Crippen LogP contribution in [-0.4, -0.2) is 27.8 Å². The van der Waals surface area contributed by atoms with Crippen LogP contribution in [0.3, 0.4) is 0 Å². The molecular weight excluding hydrogens is 434 g/mol. The minimum absolute atomic E-state index is 0.0792. The summed E-state index contributed by atoms with van der Waals surface area (Å²) in [6.45, 7) is 11.7. The minimum atomic E-state index is -0.177. The van der Waals surface area contributed by atoms with Crippen molar-refractivity contribution in [1.82, 2.24) is 14.6 Å². The van der Waals surface area contributed by atoms with Gasteiger partial charge in [-0.2, -0.15) is 9.50 Å². The molecule has 0 aliphatic rings. The first-order valence-electron chi connectivity index (χ1n) is 11.2. The predicted octanol–water partition coefficient (Wildman–Crippen LogP) is 4.85. The Balaban J connectivity index is 1.66. The zero-order chi connectivity index (χ0) is 23.6. The summed E-state index contributed by atoms with van der Waals surface area (Å²) in [4.78, 5) is 18.1. The highest BCUT2D eigenvalue weighted by atomic mass is 32.1. The second-order valence-electron chi connectivity index (χ2n) is 8.86. The molecule has 0 spiro atoms. The van der Waals surface area contributed by atoms with Gasteiger partial charge in [0.25, 0.3) is 5.56 Å². The summed E-state index contributed by atoms with van der Waals surface area (Å²) >= 11 is 1.33. The lowest BCUT2D eigenvalue weighted by Crippen LogP contribution is -2.23. The van der Waals surface area contributed by atoms with Crippen molar-refractivity contribution >= 4 is 22.4 Å². The first kappa shape index (κ1) is 23.0. The molecular formula is C26H29N3O3S. The van der Waals surface area contributed by atoms with Gasteiger partial charge in [0, 0.05) is 5.56 Å². The molecule has 2 aromatic carbocycles. The van der Waals surface area contributed by atoms with Crippen molar-refractivity contribution in [3.8, 4) is 22.9 Å². The molecule has 33 heavy (non-hydrogen) atoms. The van der Waals surface area contributed by atoms with E-state index in [0.717, 1.165) is 17.5 Å². The standard InChI is InChI=1S/C26H29N3O3S/c1-6-14-32-20-13-8-17(15-21(20)31-7-2)16-22-24(30)29-25(33-22)27-23(28-29)18-9-11-19(12-10-18)26(3,4)5/h8-13,15-16H,6-7,14H2,1-5H3. The Morgan fingerprint density at radius 3 is 2.42 bits per heavy atom. The van der Waals surface area contributed by atoms with Crippen LogP contribution < -0.4 is 19.6 Å². The number of rotatable bonds is 7. The fourth-order valence-electron chi connectivity index (χ4n) is 3.44. The number of aromatic nitrogens is 3. The normalized spacial score (nSPS) is 12.5. The van der Waals surface area contributed by atoms with Crippen LogP contribution >= 0.6 is 11.3 Å². The smallest absolute Gasteiger partial charge is 0.291 e. The second-order valence-corrected chi connectivity index (χ2v) is 9.87. The number of hydrogen-bond acceptors (Lipinski definition) is 6. The summed E-state index contributed by atoms with van der Waals surface area (Å²) in [5.74, 6) is 1.94. The average molecular weight is 464 g/mol. The number of ether oxygens (including phenoxy) is 2. The maximum atomic E-state index is 13.0. The van der Waals surface area contributed by atoms with E-state index in [1.54, 1.807) is 0 Å². The molecule has 7 heteroatoms. The van der Waals surface area contributed by atoms with Crippen molar-refractivity contribution < 1.29 is 9.47 Å². The van der Waals surface area contributed by atoms with Crippen molar-refractivity contribution in [2.45, 2.75) is 46.5 Å². The zero-order valence-electron chi connectivity index (χ0n) is 19.7. The molecule has 0 N–H and O–H groups in total. The van der Waals surface area contributed by atoms with E-state index in [0.29, 0.717) is 40.0 Å². The van der Waals surface area contributed by atoms with Crippen LogP contribution in [0.1, 0.15) is 52.2 Å². The number of nitrogens with zero attached hydrogens (tertiary/aromatic N) is 3. The van der Waals surface area contributed by atoms with Crippen LogP contribution in [0.2, 0.25) is 0 Å². The highest BCUT2D eigenvalue weighted by Crippen LogP contribution is 2.29. The summed E-state index contributed by atoms with van der Waals surface area (Å²) in [6.07, 6.45) is 2.76. The van der Waals surface area contributed by atoms with E-state index in [2.05, 4.69) is 49.9 Å². The van der Waals surface area contributed by atoms with Gasteiger partial charge in [0.2, 0.25) is 4.96 Å². The Bertz CT molecular complexity index is 1370. The average Bonchev–Trinajstić information content (AvgIpc) is 3.32. The molecule has 6 nitrogen and oxygen atoms in total. The first-order valence-corrected chi connectivity index (χ1v) is 12.0. The Hall–Kier alpha value is -3.19. The lowest BCUT2D eigenvalue weighted by atomic mass is 9.87. The third kappa shape index (κ3) is 4.93. The monoisotopic (exact) mass is 463 g/mol. The minimum Gasteiger partial charge on any atom is -0.490 e. The lowest BCUT2D eigenvalue weighted by Gasteiger charge is -2.18. The third-order valence-corrected chi connectivity index (χ3v) is 6.18. The SMILES string of the molecule is CCCOc1ccc(C=c2sc3nc(-c4ccc(C(C)(C)C)cc4)nn3c2=O)cc1OCC. The Kier molecular flexibility index (Phi) is 6.51. The van der Waals surface area contributed by atoms with Gasteiger partial charge in [0.05, 0.1) is 17.7 Å². The van der Waals surface area contributed by atoms with E-state index in [4.69, 9.17) is 9.47 Å². The van der Waals surface area contributed by atoms with Crippen molar-refractivity contribution in [2.75, 3.05) is 13.2 Å². The highest BCUT2D eigenvalue weighted by molar-refractivity contribution is 7.15. The number of hydrogen-bond donors (Lipinski definition) is 0. The fourth-order valence-corrected chi connectivity index (χ4v) is 4.35. The van der Waals surface area contributed by atoms with Crippen molar-refractivity contribution in [3.63, 3.8) is 0 Å². The molecule has 4 rings (SSSR count). The molecule has 0 fully saturated rings. The van der Waals surface area contributed by atoms with Gasteiger partial charge < -0.3 is 9.47 Å². The largest absolute Gasteiger partial charge is 0.490 e. The van der Waals surface area contributed by atoms with E-state index >= 15 is 0 Å². The van der Waals surface area contributed by atoms with Crippen LogP contribution in [0.5, 0.6) is 11.5 Å².